The van der Waals surface area contributed by atoms with Crippen molar-refractivity contribution in [3.8, 4) is 0 Å². The van der Waals surface area contributed by atoms with E-state index in [0.717, 1.165) is 5.56 Å². The molecule has 194 valence electrons. The average Bonchev–Trinajstić information content (AvgIpc) is 2.80. The van der Waals surface area contributed by atoms with Gasteiger partial charge in [-0.05, 0) is 29.9 Å². The van der Waals surface area contributed by atoms with Crippen LogP contribution in [0, 0.1) is 5.92 Å². The van der Waals surface area contributed by atoms with Gasteiger partial charge in [-0.25, -0.2) is 4.79 Å². The number of nitrogens with two attached hydrogens (primary N) is 2. The van der Waals surface area contributed by atoms with Crippen molar-refractivity contribution in [2.45, 2.75) is 57.3 Å². The number of hydrogen-bond donors (Lipinski definition) is 6. The van der Waals surface area contributed by atoms with Crippen LogP contribution < -0.4 is 27.4 Å². The van der Waals surface area contributed by atoms with Crippen molar-refractivity contribution in [3.05, 3.63) is 35.9 Å². The third-order valence-electron chi connectivity index (χ3n) is 5.20. The summed E-state index contributed by atoms with van der Waals surface area (Å²) in [5.74, 6) is -3.90. The Morgan fingerprint density at radius 3 is 1.97 bits per heavy atom. The summed E-state index contributed by atoms with van der Waals surface area (Å²) in [5, 5.41) is 16.8. The summed E-state index contributed by atoms with van der Waals surface area (Å²) in [5.41, 5.74) is 11.8. The molecule has 1 rings (SSSR count). The highest BCUT2D eigenvalue weighted by Crippen LogP contribution is 2.08. The molecule has 12 heteroatoms. The van der Waals surface area contributed by atoms with Gasteiger partial charge in [0.2, 0.25) is 23.6 Å². The second kappa shape index (κ2) is 15.0. The zero-order valence-electron chi connectivity index (χ0n) is 20.2. The number of carboxylic acid groups (broad SMARTS) is 1. The number of aliphatic carboxylic acids is 1. The number of hydrogen-bond acceptors (Lipinski definition) is 7. The van der Waals surface area contributed by atoms with E-state index in [1.165, 1.54) is 11.8 Å². The van der Waals surface area contributed by atoms with E-state index in [9.17, 15) is 29.1 Å². The SMILES string of the molecule is CSCCC(NC(=O)C(Cc1ccccc1)NC(=O)C(N)C(C)C)C(=O)NC(CC(N)=O)C(=O)O. The van der Waals surface area contributed by atoms with Crippen molar-refractivity contribution < 1.29 is 29.1 Å². The van der Waals surface area contributed by atoms with Gasteiger partial charge in [0.15, 0.2) is 0 Å². The van der Waals surface area contributed by atoms with Crippen molar-refractivity contribution in [3.63, 3.8) is 0 Å². The van der Waals surface area contributed by atoms with Crippen LogP contribution in [0.5, 0.6) is 0 Å². The second-order valence-corrected chi connectivity index (χ2v) is 9.42. The molecular weight excluding hydrogens is 474 g/mol. The van der Waals surface area contributed by atoms with E-state index in [0.29, 0.717) is 5.75 Å². The lowest BCUT2D eigenvalue weighted by Gasteiger charge is -2.25. The van der Waals surface area contributed by atoms with E-state index < -0.39 is 60.2 Å². The molecule has 0 saturated carbocycles. The Balaban J connectivity index is 3.09. The largest absolute Gasteiger partial charge is 0.480 e. The standard InChI is InChI=1S/C23H35N5O6S/c1-13(2)19(25)22(32)27-16(11-14-7-5-4-6-8-14)21(31)26-15(9-10-35-3)20(30)28-17(23(33)34)12-18(24)29/h4-8,13,15-17,19H,9-12,25H2,1-3H3,(H2,24,29)(H,26,31)(H,27,32)(H,28,30)(H,33,34). The molecule has 0 saturated heterocycles. The summed E-state index contributed by atoms with van der Waals surface area (Å²) in [7, 11) is 0. The normalized spacial score (nSPS) is 14.3. The maximum atomic E-state index is 13.2. The molecule has 11 nitrogen and oxygen atoms in total. The fourth-order valence-corrected chi connectivity index (χ4v) is 3.55. The zero-order chi connectivity index (χ0) is 26.5. The van der Waals surface area contributed by atoms with Crippen LogP contribution in [-0.2, 0) is 30.4 Å². The first-order valence-corrected chi connectivity index (χ1v) is 12.6. The van der Waals surface area contributed by atoms with Crippen molar-refractivity contribution in [1.29, 1.82) is 0 Å². The van der Waals surface area contributed by atoms with E-state index in [1.807, 2.05) is 12.3 Å². The molecule has 0 aliphatic heterocycles. The number of nitrogens with one attached hydrogen (secondary N) is 3. The first-order valence-electron chi connectivity index (χ1n) is 11.2. The molecule has 4 amide bonds. The monoisotopic (exact) mass is 509 g/mol. The lowest BCUT2D eigenvalue weighted by Crippen LogP contribution is -2.58. The minimum Gasteiger partial charge on any atom is -0.480 e. The molecule has 0 fully saturated rings. The molecule has 4 unspecified atom stereocenters. The van der Waals surface area contributed by atoms with Crippen LogP contribution in [0.3, 0.4) is 0 Å². The molecule has 1 aromatic carbocycles. The van der Waals surface area contributed by atoms with Gasteiger partial charge in [0.1, 0.15) is 18.1 Å². The molecule has 0 aliphatic rings. The Kier molecular flexibility index (Phi) is 12.8. The van der Waals surface area contributed by atoms with Crippen LogP contribution in [0.4, 0.5) is 0 Å². The van der Waals surface area contributed by atoms with Crippen LogP contribution in [0.1, 0.15) is 32.3 Å². The minimum atomic E-state index is -1.53. The molecule has 8 N–H and O–H groups in total. The maximum Gasteiger partial charge on any atom is 0.326 e. The maximum absolute atomic E-state index is 13.2. The molecule has 4 atom stereocenters. The number of rotatable bonds is 15. The molecule has 0 bridgehead atoms. The van der Waals surface area contributed by atoms with Gasteiger partial charge in [-0.2, -0.15) is 11.8 Å². The summed E-state index contributed by atoms with van der Waals surface area (Å²) < 4.78 is 0. The molecular formula is C23H35N5O6S. The summed E-state index contributed by atoms with van der Waals surface area (Å²) in [6, 6.07) is 4.52. The smallest absolute Gasteiger partial charge is 0.326 e. The Bertz CT molecular complexity index is 882. The van der Waals surface area contributed by atoms with Gasteiger partial charge in [-0.1, -0.05) is 44.2 Å². The van der Waals surface area contributed by atoms with Gasteiger partial charge in [-0.3, -0.25) is 19.2 Å². The first kappa shape index (κ1) is 29.9. The van der Waals surface area contributed by atoms with Gasteiger partial charge in [0.25, 0.3) is 0 Å². The average molecular weight is 510 g/mol. The molecule has 0 radical (unpaired) electrons. The minimum absolute atomic E-state index is 0.152. The highest BCUT2D eigenvalue weighted by atomic mass is 32.2. The van der Waals surface area contributed by atoms with Crippen LogP contribution >= 0.6 is 11.8 Å². The zero-order valence-corrected chi connectivity index (χ0v) is 21.0. The number of benzene rings is 1. The third kappa shape index (κ3) is 10.8. The van der Waals surface area contributed by atoms with Crippen molar-refractivity contribution in [2.24, 2.45) is 17.4 Å². The second-order valence-electron chi connectivity index (χ2n) is 8.43. The Morgan fingerprint density at radius 1 is 0.914 bits per heavy atom. The van der Waals surface area contributed by atoms with E-state index >= 15 is 0 Å². The molecule has 0 aromatic heterocycles. The predicted octanol–water partition coefficient (Wildman–Crippen LogP) is -0.620. The van der Waals surface area contributed by atoms with Crippen LogP contribution in [0.15, 0.2) is 30.3 Å². The van der Waals surface area contributed by atoms with E-state index in [1.54, 1.807) is 38.1 Å². The van der Waals surface area contributed by atoms with Gasteiger partial charge in [-0.15, -0.1) is 0 Å². The Labute approximate surface area is 209 Å². The molecule has 0 spiro atoms. The summed E-state index contributed by atoms with van der Waals surface area (Å²) in [6.07, 6.45) is 1.57. The predicted molar refractivity (Wildman–Crippen MR) is 133 cm³/mol. The molecule has 35 heavy (non-hydrogen) atoms. The quantitative estimate of drug-likeness (QED) is 0.180. The van der Waals surface area contributed by atoms with Crippen LogP contribution in [0.25, 0.3) is 0 Å². The van der Waals surface area contributed by atoms with E-state index in [2.05, 4.69) is 16.0 Å². The van der Waals surface area contributed by atoms with Crippen molar-refractivity contribution in [1.82, 2.24) is 16.0 Å². The highest BCUT2D eigenvalue weighted by Gasteiger charge is 2.31. The number of primary amides is 1. The van der Waals surface area contributed by atoms with Gasteiger partial charge < -0.3 is 32.5 Å². The fraction of sp³-hybridized carbons (Fsp3) is 0.522. The Morgan fingerprint density at radius 2 is 1.46 bits per heavy atom. The van der Waals surface area contributed by atoms with Crippen molar-refractivity contribution in [2.75, 3.05) is 12.0 Å². The number of carbonyl (C=O) groups excluding carboxylic acids is 4. The van der Waals surface area contributed by atoms with E-state index in [4.69, 9.17) is 11.5 Å². The number of carbonyl (C=O) groups is 5. The molecule has 0 aliphatic carbocycles. The number of carboxylic acids is 1. The van der Waals surface area contributed by atoms with E-state index in [-0.39, 0.29) is 18.8 Å². The summed E-state index contributed by atoms with van der Waals surface area (Å²) in [6.45, 7) is 3.56. The van der Waals surface area contributed by atoms with Crippen LogP contribution in [-0.4, -0.2) is 70.9 Å². The number of amides is 4. The summed E-state index contributed by atoms with van der Waals surface area (Å²) >= 11 is 1.43. The lowest BCUT2D eigenvalue weighted by atomic mass is 10.0. The van der Waals surface area contributed by atoms with Crippen molar-refractivity contribution >= 4 is 41.4 Å². The number of thioether (sulfide) groups is 1. The lowest BCUT2D eigenvalue weighted by molar-refractivity contribution is -0.143. The first-order chi connectivity index (χ1) is 16.5. The van der Waals surface area contributed by atoms with Gasteiger partial charge >= 0.3 is 5.97 Å². The van der Waals surface area contributed by atoms with Gasteiger partial charge in [0.05, 0.1) is 12.5 Å². The molecule has 0 heterocycles. The van der Waals surface area contributed by atoms with Crippen LogP contribution in [0.2, 0.25) is 0 Å². The van der Waals surface area contributed by atoms with Gasteiger partial charge in [0, 0.05) is 6.42 Å². The third-order valence-corrected chi connectivity index (χ3v) is 5.84. The summed E-state index contributed by atoms with van der Waals surface area (Å²) in [4.78, 5) is 61.2. The Hall–Kier alpha value is -3.12. The highest BCUT2D eigenvalue weighted by molar-refractivity contribution is 7.98. The fourth-order valence-electron chi connectivity index (χ4n) is 3.08. The molecule has 1 aromatic rings. The topological polar surface area (TPSA) is 194 Å².